The average molecular weight is 338 g/mol. The van der Waals surface area contributed by atoms with Crippen LogP contribution in [0.1, 0.15) is 0 Å². The largest absolute Gasteiger partial charge is 0.381 e. The van der Waals surface area contributed by atoms with E-state index in [4.69, 9.17) is 11.6 Å². The molecule has 120 valence electrons. The summed E-state index contributed by atoms with van der Waals surface area (Å²) in [6, 6.07) is 0. The molecule has 0 fully saturated rings. The van der Waals surface area contributed by atoms with Crippen LogP contribution in [0, 0.1) is 0 Å². The van der Waals surface area contributed by atoms with Crippen LogP contribution in [-0.2, 0) is 16.6 Å². The standard InChI is InChI=1S/C11H20ClN5O3S/c1-13-21(19,20)7-4-14-9-8-15-17(6-5-16(2)3)11(18)10(9)12/h8,13-14H,4-7H2,1-3H3. The predicted molar refractivity (Wildman–Crippen MR) is 83.4 cm³/mol. The lowest BCUT2D eigenvalue weighted by Gasteiger charge is -2.12. The summed E-state index contributed by atoms with van der Waals surface area (Å²) in [7, 11) is 1.83. The Bertz CT molecular complexity index is 629. The van der Waals surface area contributed by atoms with Gasteiger partial charge < -0.3 is 10.2 Å². The van der Waals surface area contributed by atoms with Crippen molar-refractivity contribution in [2.75, 3.05) is 45.3 Å². The van der Waals surface area contributed by atoms with Crippen LogP contribution in [-0.4, -0.2) is 63.1 Å². The lowest BCUT2D eigenvalue weighted by molar-refractivity contribution is 0.367. The summed E-state index contributed by atoms with van der Waals surface area (Å²) in [6.07, 6.45) is 1.42. The number of rotatable bonds is 8. The van der Waals surface area contributed by atoms with E-state index in [2.05, 4.69) is 15.1 Å². The second-order valence-electron chi connectivity index (χ2n) is 4.65. The molecular formula is C11H20ClN5O3S. The molecule has 0 bridgehead atoms. The van der Waals surface area contributed by atoms with Crippen molar-refractivity contribution in [1.29, 1.82) is 0 Å². The van der Waals surface area contributed by atoms with Crippen LogP contribution in [0.5, 0.6) is 0 Å². The Morgan fingerprint density at radius 3 is 2.67 bits per heavy atom. The number of sulfonamides is 1. The zero-order valence-electron chi connectivity index (χ0n) is 12.3. The van der Waals surface area contributed by atoms with Crippen LogP contribution in [0.15, 0.2) is 11.0 Å². The number of nitrogens with zero attached hydrogens (tertiary/aromatic N) is 3. The van der Waals surface area contributed by atoms with E-state index in [9.17, 15) is 13.2 Å². The summed E-state index contributed by atoms with van der Waals surface area (Å²) in [4.78, 5) is 13.9. The van der Waals surface area contributed by atoms with Crippen molar-refractivity contribution in [3.05, 3.63) is 21.6 Å². The van der Waals surface area contributed by atoms with Gasteiger partial charge >= 0.3 is 0 Å². The highest BCUT2D eigenvalue weighted by molar-refractivity contribution is 7.89. The Labute approximate surface area is 129 Å². The maximum absolute atomic E-state index is 12.0. The van der Waals surface area contributed by atoms with E-state index < -0.39 is 15.6 Å². The lowest BCUT2D eigenvalue weighted by atomic mass is 10.4. The predicted octanol–water partition coefficient (Wildman–Crippen LogP) is -0.581. The number of aromatic nitrogens is 2. The second-order valence-corrected chi connectivity index (χ2v) is 7.08. The van der Waals surface area contributed by atoms with Crippen molar-refractivity contribution in [1.82, 2.24) is 19.4 Å². The van der Waals surface area contributed by atoms with Crippen LogP contribution < -0.4 is 15.6 Å². The summed E-state index contributed by atoms with van der Waals surface area (Å²) in [5, 5.41) is 6.82. The van der Waals surface area contributed by atoms with Crippen molar-refractivity contribution in [2.24, 2.45) is 0 Å². The van der Waals surface area contributed by atoms with Gasteiger partial charge in [0.05, 0.1) is 24.2 Å². The third kappa shape index (κ3) is 5.62. The fourth-order valence-corrected chi connectivity index (χ4v) is 2.25. The minimum absolute atomic E-state index is 0.00520. The molecule has 8 nitrogen and oxygen atoms in total. The molecule has 0 aliphatic rings. The fourth-order valence-electron chi connectivity index (χ4n) is 1.46. The number of likely N-dealkylation sites (N-methyl/N-ethyl adjacent to an activating group) is 1. The molecule has 0 unspecified atom stereocenters. The van der Waals surface area contributed by atoms with Crippen LogP contribution >= 0.6 is 11.6 Å². The molecule has 1 aromatic rings. The number of anilines is 1. The van der Waals surface area contributed by atoms with E-state index in [-0.39, 0.29) is 17.3 Å². The summed E-state index contributed by atoms with van der Waals surface area (Å²) in [5.74, 6) is -0.121. The van der Waals surface area contributed by atoms with Gasteiger partial charge in [-0.05, 0) is 21.1 Å². The van der Waals surface area contributed by atoms with Gasteiger partial charge in [-0.15, -0.1) is 0 Å². The maximum atomic E-state index is 12.0. The Morgan fingerprint density at radius 2 is 2.10 bits per heavy atom. The van der Waals surface area contributed by atoms with Gasteiger partial charge in [0.1, 0.15) is 5.02 Å². The molecule has 0 saturated heterocycles. The molecule has 0 radical (unpaired) electrons. The highest BCUT2D eigenvalue weighted by atomic mass is 35.5. The summed E-state index contributed by atoms with van der Waals surface area (Å²) >= 11 is 5.98. The summed E-state index contributed by atoms with van der Waals surface area (Å²) in [5.41, 5.74) is -0.0749. The van der Waals surface area contributed by atoms with Crippen molar-refractivity contribution < 1.29 is 8.42 Å². The van der Waals surface area contributed by atoms with Crippen molar-refractivity contribution in [3.63, 3.8) is 0 Å². The third-order valence-electron chi connectivity index (χ3n) is 2.74. The Kier molecular flexibility index (Phi) is 6.59. The monoisotopic (exact) mass is 337 g/mol. The van der Waals surface area contributed by atoms with E-state index in [1.54, 1.807) is 0 Å². The molecule has 21 heavy (non-hydrogen) atoms. The van der Waals surface area contributed by atoms with Crippen LogP contribution in [0.25, 0.3) is 0 Å². The van der Waals surface area contributed by atoms with E-state index in [1.807, 2.05) is 19.0 Å². The molecule has 1 heterocycles. The minimum Gasteiger partial charge on any atom is -0.381 e. The average Bonchev–Trinajstić information content (AvgIpc) is 2.42. The molecule has 0 aromatic carbocycles. The van der Waals surface area contributed by atoms with E-state index in [0.29, 0.717) is 18.8 Å². The molecule has 2 N–H and O–H groups in total. The number of halogens is 1. The molecule has 1 aromatic heterocycles. The number of hydrogen-bond donors (Lipinski definition) is 2. The molecule has 0 aliphatic carbocycles. The van der Waals surface area contributed by atoms with Crippen LogP contribution in [0.4, 0.5) is 5.69 Å². The quantitative estimate of drug-likeness (QED) is 0.659. The Morgan fingerprint density at radius 1 is 1.43 bits per heavy atom. The first kappa shape index (κ1) is 17.9. The lowest BCUT2D eigenvalue weighted by Crippen LogP contribution is -2.30. The highest BCUT2D eigenvalue weighted by Gasteiger charge is 2.11. The van der Waals surface area contributed by atoms with Crippen molar-refractivity contribution >= 4 is 27.3 Å². The number of nitrogens with one attached hydrogen (secondary N) is 2. The Balaban J connectivity index is 2.74. The maximum Gasteiger partial charge on any atom is 0.287 e. The minimum atomic E-state index is -3.30. The number of hydrogen-bond acceptors (Lipinski definition) is 6. The summed E-state index contributed by atoms with van der Waals surface area (Å²) in [6.45, 7) is 1.22. The molecular weight excluding hydrogens is 318 g/mol. The molecule has 0 saturated carbocycles. The first-order valence-corrected chi connectivity index (χ1v) is 8.35. The molecule has 0 atom stereocenters. The zero-order chi connectivity index (χ0) is 16.0. The Hall–Kier alpha value is -1.16. The molecule has 0 spiro atoms. The van der Waals surface area contributed by atoms with Gasteiger partial charge in [0.2, 0.25) is 10.0 Å². The van der Waals surface area contributed by atoms with Gasteiger partial charge in [-0.1, -0.05) is 11.6 Å². The molecule has 0 amide bonds. The van der Waals surface area contributed by atoms with Crippen LogP contribution in [0.2, 0.25) is 5.02 Å². The normalized spacial score (nSPS) is 11.9. The van der Waals surface area contributed by atoms with Gasteiger partial charge in [-0.3, -0.25) is 4.79 Å². The zero-order valence-corrected chi connectivity index (χ0v) is 13.8. The SMILES string of the molecule is CNS(=O)(=O)CCNc1cnn(CCN(C)C)c(=O)c1Cl. The van der Waals surface area contributed by atoms with Crippen molar-refractivity contribution in [3.8, 4) is 0 Å². The van der Waals surface area contributed by atoms with Gasteiger partial charge in [-0.25, -0.2) is 17.8 Å². The molecule has 1 rings (SSSR count). The van der Waals surface area contributed by atoms with Crippen molar-refractivity contribution in [2.45, 2.75) is 6.54 Å². The molecule has 0 aliphatic heterocycles. The van der Waals surface area contributed by atoms with E-state index in [1.165, 1.54) is 17.9 Å². The molecule has 10 heteroatoms. The van der Waals surface area contributed by atoms with Crippen LogP contribution in [0.3, 0.4) is 0 Å². The first-order chi connectivity index (χ1) is 9.76. The topological polar surface area (TPSA) is 96.3 Å². The second kappa shape index (κ2) is 7.74. The van der Waals surface area contributed by atoms with E-state index >= 15 is 0 Å². The summed E-state index contributed by atoms with van der Waals surface area (Å²) < 4.78 is 26.0. The van der Waals surface area contributed by atoms with Gasteiger partial charge in [0.25, 0.3) is 5.56 Å². The van der Waals surface area contributed by atoms with Gasteiger partial charge in [-0.2, -0.15) is 5.10 Å². The third-order valence-corrected chi connectivity index (χ3v) is 4.47. The smallest absolute Gasteiger partial charge is 0.287 e. The fraction of sp³-hybridized carbons (Fsp3) is 0.636. The highest BCUT2D eigenvalue weighted by Crippen LogP contribution is 2.14. The van der Waals surface area contributed by atoms with E-state index in [0.717, 1.165) is 0 Å². The van der Waals surface area contributed by atoms with Gasteiger partial charge in [0, 0.05) is 13.1 Å². The van der Waals surface area contributed by atoms with Gasteiger partial charge in [0.15, 0.2) is 0 Å². The first-order valence-electron chi connectivity index (χ1n) is 6.32.